The van der Waals surface area contributed by atoms with Gasteiger partial charge < -0.3 is 5.32 Å². The lowest BCUT2D eigenvalue weighted by Gasteiger charge is -2.15. The normalized spacial score (nSPS) is 21.6. The number of aromatic nitrogens is 2. The van der Waals surface area contributed by atoms with Crippen LogP contribution in [0.4, 0.5) is 5.13 Å². The van der Waals surface area contributed by atoms with Crippen LogP contribution in [-0.4, -0.2) is 16.2 Å². The van der Waals surface area contributed by atoms with E-state index in [4.69, 9.17) is 0 Å². The lowest BCUT2D eigenvalue weighted by molar-refractivity contribution is 0.566. The molecule has 2 fully saturated rings. The molecule has 0 radical (unpaired) electrons. The molecule has 3 rings (SSSR count). The summed E-state index contributed by atoms with van der Waals surface area (Å²) < 4.78 is 0. The third kappa shape index (κ3) is 1.75. The van der Waals surface area contributed by atoms with Crippen LogP contribution in [0, 0.1) is 18.8 Å². The highest BCUT2D eigenvalue weighted by Crippen LogP contribution is 2.45. The van der Waals surface area contributed by atoms with E-state index in [1.165, 1.54) is 25.7 Å². The standard InChI is InChI=1S/C10H15N3S/c1-6-12-13-10(14-6)11-9(7-2-3-7)8-4-5-8/h7-9H,2-5H2,1H3,(H,11,13). The van der Waals surface area contributed by atoms with Gasteiger partial charge in [-0.05, 0) is 44.4 Å². The molecule has 3 nitrogen and oxygen atoms in total. The fraction of sp³-hybridized carbons (Fsp3) is 0.800. The van der Waals surface area contributed by atoms with Gasteiger partial charge in [0.05, 0.1) is 0 Å². The maximum absolute atomic E-state index is 4.13. The first-order chi connectivity index (χ1) is 6.83. The predicted molar refractivity (Wildman–Crippen MR) is 57.5 cm³/mol. The summed E-state index contributed by atoms with van der Waals surface area (Å²) >= 11 is 1.67. The second-order valence-electron chi connectivity index (χ2n) is 4.47. The molecule has 4 heteroatoms. The third-order valence-corrected chi connectivity index (χ3v) is 3.85. The van der Waals surface area contributed by atoms with Gasteiger partial charge in [0.25, 0.3) is 0 Å². The molecule has 0 bridgehead atoms. The Morgan fingerprint density at radius 2 is 1.86 bits per heavy atom. The highest BCUT2D eigenvalue weighted by Gasteiger charge is 2.41. The Balaban J connectivity index is 1.68. The first kappa shape index (κ1) is 8.65. The zero-order valence-electron chi connectivity index (χ0n) is 8.36. The van der Waals surface area contributed by atoms with Crippen molar-refractivity contribution in [3.63, 3.8) is 0 Å². The van der Waals surface area contributed by atoms with Crippen LogP contribution in [0.15, 0.2) is 0 Å². The number of nitrogens with one attached hydrogen (secondary N) is 1. The van der Waals surface area contributed by atoms with Gasteiger partial charge in [-0.3, -0.25) is 0 Å². The molecule has 0 spiro atoms. The van der Waals surface area contributed by atoms with E-state index in [-0.39, 0.29) is 0 Å². The summed E-state index contributed by atoms with van der Waals surface area (Å²) in [6, 6.07) is 0.697. The van der Waals surface area contributed by atoms with Crippen molar-refractivity contribution in [1.82, 2.24) is 10.2 Å². The fourth-order valence-corrected chi connectivity index (χ4v) is 2.67. The van der Waals surface area contributed by atoms with Crippen LogP contribution in [-0.2, 0) is 0 Å². The van der Waals surface area contributed by atoms with Crippen LogP contribution >= 0.6 is 11.3 Å². The number of aryl methyl sites for hydroxylation is 1. The molecule has 1 heterocycles. The summed E-state index contributed by atoms with van der Waals surface area (Å²) in [6.07, 6.45) is 5.63. The molecular formula is C10H15N3S. The maximum atomic E-state index is 4.13. The van der Waals surface area contributed by atoms with Crippen LogP contribution in [0.5, 0.6) is 0 Å². The lowest BCUT2D eigenvalue weighted by atomic mass is 10.1. The zero-order chi connectivity index (χ0) is 9.54. The third-order valence-electron chi connectivity index (χ3n) is 3.08. The molecule has 0 amide bonds. The summed E-state index contributed by atoms with van der Waals surface area (Å²) in [4.78, 5) is 0. The molecule has 1 aromatic heterocycles. The summed E-state index contributed by atoms with van der Waals surface area (Å²) in [5.74, 6) is 1.85. The van der Waals surface area contributed by atoms with Gasteiger partial charge in [0.2, 0.25) is 5.13 Å². The van der Waals surface area contributed by atoms with Crippen LogP contribution in [0.3, 0.4) is 0 Å². The van der Waals surface area contributed by atoms with Gasteiger partial charge in [-0.1, -0.05) is 11.3 Å². The molecule has 14 heavy (non-hydrogen) atoms. The molecule has 2 aliphatic carbocycles. The molecule has 0 saturated heterocycles. The Kier molecular flexibility index (Phi) is 1.97. The van der Waals surface area contributed by atoms with Crippen molar-refractivity contribution in [1.29, 1.82) is 0 Å². The second kappa shape index (κ2) is 3.19. The minimum atomic E-state index is 0.697. The van der Waals surface area contributed by atoms with Gasteiger partial charge in [0, 0.05) is 6.04 Å². The van der Waals surface area contributed by atoms with E-state index in [1.807, 2.05) is 6.92 Å². The minimum Gasteiger partial charge on any atom is -0.357 e. The Morgan fingerprint density at radius 1 is 1.21 bits per heavy atom. The average molecular weight is 209 g/mol. The van der Waals surface area contributed by atoms with E-state index in [0.717, 1.165) is 22.0 Å². The summed E-state index contributed by atoms with van der Waals surface area (Å²) in [7, 11) is 0. The minimum absolute atomic E-state index is 0.697. The van der Waals surface area contributed by atoms with E-state index in [2.05, 4.69) is 15.5 Å². The molecule has 0 unspecified atom stereocenters. The van der Waals surface area contributed by atoms with Crippen molar-refractivity contribution >= 4 is 16.5 Å². The summed E-state index contributed by atoms with van der Waals surface area (Å²) in [6.45, 7) is 2.01. The largest absolute Gasteiger partial charge is 0.357 e. The fourth-order valence-electron chi connectivity index (χ4n) is 2.03. The number of hydrogen-bond acceptors (Lipinski definition) is 4. The second-order valence-corrected chi connectivity index (χ2v) is 5.65. The van der Waals surface area contributed by atoms with Crippen molar-refractivity contribution in [2.24, 2.45) is 11.8 Å². The smallest absolute Gasteiger partial charge is 0.205 e. The predicted octanol–water partition coefficient (Wildman–Crippen LogP) is 2.45. The van der Waals surface area contributed by atoms with Crippen LogP contribution in [0.25, 0.3) is 0 Å². The van der Waals surface area contributed by atoms with Gasteiger partial charge in [-0.2, -0.15) is 0 Å². The van der Waals surface area contributed by atoms with Crippen molar-refractivity contribution in [3.8, 4) is 0 Å². The SMILES string of the molecule is Cc1nnc(NC(C2CC2)C2CC2)s1. The molecule has 2 saturated carbocycles. The Morgan fingerprint density at radius 3 is 2.29 bits per heavy atom. The van der Waals surface area contributed by atoms with Gasteiger partial charge in [-0.15, -0.1) is 10.2 Å². The summed E-state index contributed by atoms with van der Waals surface area (Å²) in [5.41, 5.74) is 0. The van der Waals surface area contributed by atoms with Gasteiger partial charge >= 0.3 is 0 Å². The molecule has 2 aliphatic rings. The Bertz CT molecular complexity index is 316. The van der Waals surface area contributed by atoms with Gasteiger partial charge in [0.15, 0.2) is 0 Å². The van der Waals surface area contributed by atoms with Crippen molar-refractivity contribution in [2.75, 3.05) is 5.32 Å². The molecule has 0 aliphatic heterocycles. The van der Waals surface area contributed by atoms with E-state index in [9.17, 15) is 0 Å². The molecule has 0 atom stereocenters. The lowest BCUT2D eigenvalue weighted by Crippen LogP contribution is -2.24. The van der Waals surface area contributed by atoms with Gasteiger partial charge in [0.1, 0.15) is 5.01 Å². The molecular weight excluding hydrogens is 194 g/mol. The first-order valence-electron chi connectivity index (χ1n) is 5.39. The highest BCUT2D eigenvalue weighted by molar-refractivity contribution is 7.15. The van der Waals surface area contributed by atoms with E-state index in [0.29, 0.717) is 6.04 Å². The topological polar surface area (TPSA) is 37.8 Å². The van der Waals surface area contributed by atoms with E-state index < -0.39 is 0 Å². The first-order valence-corrected chi connectivity index (χ1v) is 6.21. The molecule has 76 valence electrons. The van der Waals surface area contributed by atoms with Crippen molar-refractivity contribution < 1.29 is 0 Å². The average Bonchev–Trinajstić information content (AvgIpc) is 3.04. The zero-order valence-corrected chi connectivity index (χ0v) is 9.18. The number of hydrogen-bond donors (Lipinski definition) is 1. The maximum Gasteiger partial charge on any atom is 0.205 e. The molecule has 1 N–H and O–H groups in total. The van der Waals surface area contributed by atoms with Gasteiger partial charge in [-0.25, -0.2) is 0 Å². The van der Waals surface area contributed by atoms with Crippen LogP contribution in [0.2, 0.25) is 0 Å². The number of nitrogens with zero attached hydrogens (tertiary/aromatic N) is 2. The van der Waals surface area contributed by atoms with E-state index >= 15 is 0 Å². The van der Waals surface area contributed by atoms with Crippen LogP contribution < -0.4 is 5.32 Å². The quantitative estimate of drug-likeness (QED) is 0.827. The van der Waals surface area contributed by atoms with Crippen molar-refractivity contribution in [2.45, 2.75) is 38.6 Å². The molecule has 0 aromatic carbocycles. The summed E-state index contributed by atoms with van der Waals surface area (Å²) in [5, 5.41) is 13.8. The number of rotatable bonds is 4. The van der Waals surface area contributed by atoms with E-state index in [1.54, 1.807) is 11.3 Å². The Labute approximate surface area is 87.9 Å². The highest BCUT2D eigenvalue weighted by atomic mass is 32.1. The molecule has 1 aromatic rings. The van der Waals surface area contributed by atoms with Crippen molar-refractivity contribution in [3.05, 3.63) is 5.01 Å². The Hall–Kier alpha value is -0.640. The van der Waals surface area contributed by atoms with Crippen LogP contribution in [0.1, 0.15) is 30.7 Å². The number of anilines is 1. The monoisotopic (exact) mass is 209 g/mol.